The van der Waals surface area contributed by atoms with Crippen LogP contribution < -0.4 is 0 Å². The number of carbonyl (C=O) groups is 1. The molecule has 0 spiro atoms. The average molecular weight is 230 g/mol. The molecule has 4 heteroatoms. The first kappa shape index (κ1) is 15.4. The molecule has 96 valence electrons. The zero-order valence-electron chi connectivity index (χ0n) is 11.3. The number of hydrogen-bond donors (Lipinski definition) is 1. The van der Waals surface area contributed by atoms with Crippen LogP contribution in [-0.2, 0) is 4.79 Å². The van der Waals surface area contributed by atoms with Gasteiger partial charge in [-0.3, -0.25) is 9.69 Å². The van der Waals surface area contributed by atoms with Crippen LogP contribution in [0.5, 0.6) is 0 Å². The molecule has 1 N–H and O–H groups in total. The fourth-order valence-corrected chi connectivity index (χ4v) is 1.58. The van der Waals surface area contributed by atoms with Crippen molar-refractivity contribution >= 4 is 5.91 Å². The van der Waals surface area contributed by atoms with Gasteiger partial charge in [-0.2, -0.15) is 0 Å². The Morgan fingerprint density at radius 1 is 1.12 bits per heavy atom. The van der Waals surface area contributed by atoms with E-state index in [0.717, 1.165) is 13.1 Å². The topological polar surface area (TPSA) is 43.8 Å². The molecule has 0 heterocycles. The van der Waals surface area contributed by atoms with Crippen molar-refractivity contribution in [2.24, 2.45) is 0 Å². The smallest absolute Gasteiger partial charge is 0.236 e. The summed E-state index contributed by atoms with van der Waals surface area (Å²) in [5.41, 5.74) is -0.824. The molecule has 0 saturated heterocycles. The average Bonchev–Trinajstić information content (AvgIpc) is 2.20. The number of likely N-dealkylation sites (N-methyl/N-ethyl adjacent to an activating group) is 2. The summed E-state index contributed by atoms with van der Waals surface area (Å²) in [4.78, 5) is 15.7. The Bertz CT molecular complexity index is 208. The third-order valence-corrected chi connectivity index (χ3v) is 2.57. The van der Waals surface area contributed by atoms with Crippen LogP contribution in [0.2, 0.25) is 0 Å². The molecule has 0 aromatic rings. The summed E-state index contributed by atoms with van der Waals surface area (Å²) in [7, 11) is 0. The van der Waals surface area contributed by atoms with Gasteiger partial charge >= 0.3 is 0 Å². The molecule has 0 aliphatic carbocycles. The van der Waals surface area contributed by atoms with Gasteiger partial charge in [-0.05, 0) is 33.9 Å². The van der Waals surface area contributed by atoms with Gasteiger partial charge in [-0.25, -0.2) is 0 Å². The number of aliphatic hydroxyl groups is 1. The molecule has 0 unspecified atom stereocenters. The fourth-order valence-electron chi connectivity index (χ4n) is 1.58. The Labute approximate surface area is 99.2 Å². The lowest BCUT2D eigenvalue weighted by molar-refractivity contribution is -0.135. The predicted molar refractivity (Wildman–Crippen MR) is 66.3 cm³/mol. The van der Waals surface area contributed by atoms with Crippen LogP contribution in [0.15, 0.2) is 0 Å². The summed E-state index contributed by atoms with van der Waals surface area (Å²) in [5, 5.41) is 9.71. The molecule has 0 saturated carbocycles. The van der Waals surface area contributed by atoms with Gasteiger partial charge in [-0.15, -0.1) is 0 Å². The fraction of sp³-hybridized carbons (Fsp3) is 0.917. The van der Waals surface area contributed by atoms with Crippen molar-refractivity contribution < 1.29 is 9.90 Å². The minimum Gasteiger partial charge on any atom is -0.389 e. The van der Waals surface area contributed by atoms with Crippen LogP contribution in [0.4, 0.5) is 0 Å². The molecule has 4 nitrogen and oxygen atoms in total. The van der Waals surface area contributed by atoms with Crippen LogP contribution in [0, 0.1) is 0 Å². The van der Waals surface area contributed by atoms with E-state index in [4.69, 9.17) is 0 Å². The molecule has 16 heavy (non-hydrogen) atoms. The number of carbonyl (C=O) groups excluding carboxylic acids is 1. The maximum atomic E-state index is 12.0. The predicted octanol–water partition coefficient (Wildman–Crippen LogP) is 0.948. The largest absolute Gasteiger partial charge is 0.389 e. The van der Waals surface area contributed by atoms with E-state index in [0.29, 0.717) is 19.6 Å². The standard InChI is InChI=1S/C12H26N2O2/c1-6-13(7-2)9-11(15)14(8-3)10-12(4,5)16/h16H,6-10H2,1-5H3. The second-order valence-electron chi connectivity index (χ2n) is 4.68. The molecule has 0 bridgehead atoms. The summed E-state index contributed by atoms with van der Waals surface area (Å²) < 4.78 is 0. The Hall–Kier alpha value is -0.610. The first-order valence-corrected chi connectivity index (χ1v) is 6.06. The molecular weight excluding hydrogens is 204 g/mol. The Morgan fingerprint density at radius 3 is 1.94 bits per heavy atom. The van der Waals surface area contributed by atoms with Gasteiger partial charge in [0.05, 0.1) is 12.1 Å². The van der Waals surface area contributed by atoms with E-state index in [9.17, 15) is 9.90 Å². The highest BCUT2D eigenvalue weighted by Crippen LogP contribution is 2.05. The number of amides is 1. The lowest BCUT2D eigenvalue weighted by Crippen LogP contribution is -2.46. The van der Waals surface area contributed by atoms with Gasteiger partial charge in [0.1, 0.15) is 0 Å². The third-order valence-electron chi connectivity index (χ3n) is 2.57. The van der Waals surface area contributed by atoms with E-state index in [1.807, 2.05) is 20.8 Å². The molecular formula is C12H26N2O2. The van der Waals surface area contributed by atoms with E-state index in [1.54, 1.807) is 18.7 Å². The van der Waals surface area contributed by atoms with E-state index >= 15 is 0 Å². The zero-order valence-corrected chi connectivity index (χ0v) is 11.3. The first-order valence-electron chi connectivity index (χ1n) is 6.06. The molecule has 1 amide bonds. The minimum absolute atomic E-state index is 0.0910. The second-order valence-corrected chi connectivity index (χ2v) is 4.68. The number of nitrogens with zero attached hydrogens (tertiary/aromatic N) is 2. The summed E-state index contributed by atoms with van der Waals surface area (Å²) in [6.07, 6.45) is 0. The van der Waals surface area contributed by atoms with Crippen LogP contribution in [0.25, 0.3) is 0 Å². The highest BCUT2D eigenvalue weighted by atomic mass is 16.3. The highest BCUT2D eigenvalue weighted by Gasteiger charge is 2.21. The highest BCUT2D eigenvalue weighted by molar-refractivity contribution is 5.78. The van der Waals surface area contributed by atoms with E-state index in [1.165, 1.54) is 0 Å². The molecule has 0 aromatic heterocycles. The van der Waals surface area contributed by atoms with Crippen LogP contribution >= 0.6 is 0 Å². The van der Waals surface area contributed by atoms with Gasteiger partial charge in [-0.1, -0.05) is 13.8 Å². The maximum Gasteiger partial charge on any atom is 0.236 e. The second kappa shape index (κ2) is 6.86. The van der Waals surface area contributed by atoms with Crippen LogP contribution in [0.1, 0.15) is 34.6 Å². The van der Waals surface area contributed by atoms with Crippen LogP contribution in [-0.4, -0.2) is 59.1 Å². The molecule has 0 aromatic carbocycles. The van der Waals surface area contributed by atoms with Crippen molar-refractivity contribution in [2.75, 3.05) is 32.7 Å². The van der Waals surface area contributed by atoms with E-state index < -0.39 is 5.60 Å². The van der Waals surface area contributed by atoms with Gasteiger partial charge in [0, 0.05) is 13.1 Å². The Kier molecular flexibility index (Phi) is 6.60. The van der Waals surface area contributed by atoms with Crippen molar-refractivity contribution in [1.82, 2.24) is 9.80 Å². The molecule has 0 rings (SSSR count). The Balaban J connectivity index is 4.31. The monoisotopic (exact) mass is 230 g/mol. The van der Waals surface area contributed by atoms with E-state index in [-0.39, 0.29) is 5.91 Å². The lowest BCUT2D eigenvalue weighted by Gasteiger charge is -2.30. The third kappa shape index (κ3) is 6.08. The molecule has 0 aliphatic rings. The van der Waals surface area contributed by atoms with Crippen molar-refractivity contribution in [1.29, 1.82) is 0 Å². The van der Waals surface area contributed by atoms with Gasteiger partial charge in [0.2, 0.25) is 5.91 Å². The Morgan fingerprint density at radius 2 is 1.62 bits per heavy atom. The van der Waals surface area contributed by atoms with Crippen molar-refractivity contribution in [3.05, 3.63) is 0 Å². The quantitative estimate of drug-likeness (QED) is 0.708. The number of hydrogen-bond acceptors (Lipinski definition) is 3. The molecule has 0 fully saturated rings. The van der Waals surface area contributed by atoms with Gasteiger partial charge in [0.15, 0.2) is 0 Å². The van der Waals surface area contributed by atoms with Gasteiger partial charge < -0.3 is 10.0 Å². The lowest BCUT2D eigenvalue weighted by atomic mass is 10.1. The molecule has 0 radical (unpaired) electrons. The summed E-state index contributed by atoms with van der Waals surface area (Å²) in [6.45, 7) is 12.7. The summed E-state index contributed by atoms with van der Waals surface area (Å²) >= 11 is 0. The molecule has 0 aliphatic heterocycles. The maximum absolute atomic E-state index is 12.0. The van der Waals surface area contributed by atoms with Crippen molar-refractivity contribution in [3.63, 3.8) is 0 Å². The van der Waals surface area contributed by atoms with Crippen LogP contribution in [0.3, 0.4) is 0 Å². The normalized spacial score (nSPS) is 11.9. The summed E-state index contributed by atoms with van der Waals surface area (Å²) in [5.74, 6) is 0.0910. The first-order chi connectivity index (χ1) is 7.34. The van der Waals surface area contributed by atoms with E-state index in [2.05, 4.69) is 4.90 Å². The van der Waals surface area contributed by atoms with Crippen molar-refractivity contribution in [2.45, 2.75) is 40.2 Å². The molecule has 0 atom stereocenters. The SMILES string of the molecule is CCN(CC)CC(=O)N(CC)CC(C)(C)O. The summed E-state index contributed by atoms with van der Waals surface area (Å²) in [6, 6.07) is 0. The zero-order chi connectivity index (χ0) is 12.8. The number of rotatable bonds is 7. The van der Waals surface area contributed by atoms with Crippen molar-refractivity contribution in [3.8, 4) is 0 Å². The van der Waals surface area contributed by atoms with Gasteiger partial charge in [0.25, 0.3) is 0 Å². The minimum atomic E-state index is -0.824.